The van der Waals surface area contributed by atoms with Crippen LogP contribution in [0.15, 0.2) is 53.5 Å². The highest BCUT2D eigenvalue weighted by Gasteiger charge is 2.40. The topological polar surface area (TPSA) is 97.7 Å². The van der Waals surface area contributed by atoms with Crippen molar-refractivity contribution in [3.05, 3.63) is 64.6 Å². The molecule has 3 aromatic rings. The molecule has 1 amide bonds. The molecule has 1 saturated heterocycles. The molecular weight excluding hydrogens is 482 g/mol. The highest BCUT2D eigenvalue weighted by molar-refractivity contribution is 5.86. The third-order valence-electron chi connectivity index (χ3n) is 7.00. The fourth-order valence-corrected chi connectivity index (χ4v) is 4.94. The Morgan fingerprint density at radius 3 is 2.58 bits per heavy atom. The maximum atomic E-state index is 12.9. The SMILES string of the molecule is CNC(=O)C1(NCc2ccc3c(c2)OCCO3)CCN(CCn2c(=O)cnc3ccccc32)CC1.Cl. The van der Waals surface area contributed by atoms with Crippen LogP contribution in [0.25, 0.3) is 11.0 Å². The molecule has 2 aliphatic rings. The van der Waals surface area contributed by atoms with Crippen LogP contribution in [-0.4, -0.2) is 65.8 Å². The molecular formula is C26H32ClN5O4. The van der Waals surface area contributed by atoms with E-state index in [1.807, 2.05) is 42.5 Å². The number of halogens is 1. The van der Waals surface area contributed by atoms with Gasteiger partial charge in [-0.15, -0.1) is 12.4 Å². The van der Waals surface area contributed by atoms with Crippen molar-refractivity contribution in [2.24, 2.45) is 0 Å². The van der Waals surface area contributed by atoms with Gasteiger partial charge in [0.2, 0.25) is 5.91 Å². The summed E-state index contributed by atoms with van der Waals surface area (Å²) in [5, 5.41) is 6.38. The standard InChI is InChI=1S/C26H31N5O4.ClH/c1-27-25(33)26(29-17-19-6-7-22-23(16-19)35-15-14-34-22)8-10-30(11-9-26)12-13-31-21-5-3-2-4-20(21)28-18-24(31)32;/h2-7,16,18,29H,8-15,17H2,1H3,(H,27,33);1H. The first-order valence-electron chi connectivity index (χ1n) is 12.1. The van der Waals surface area contributed by atoms with Crippen molar-refractivity contribution in [2.75, 3.05) is 39.9 Å². The van der Waals surface area contributed by atoms with Crippen molar-refractivity contribution in [3.8, 4) is 11.5 Å². The molecule has 1 aromatic heterocycles. The Bertz CT molecular complexity index is 1270. The van der Waals surface area contributed by atoms with Crippen molar-refractivity contribution in [1.82, 2.24) is 25.1 Å². The Balaban J connectivity index is 0.00000304. The first kappa shape index (κ1) is 25.9. The molecule has 0 atom stereocenters. The number of rotatable bonds is 7. The van der Waals surface area contributed by atoms with Crippen LogP contribution in [-0.2, 0) is 17.9 Å². The Hall–Kier alpha value is -3.14. The van der Waals surface area contributed by atoms with Gasteiger partial charge in [0.1, 0.15) is 18.8 Å². The van der Waals surface area contributed by atoms with E-state index in [-0.39, 0.29) is 23.9 Å². The maximum Gasteiger partial charge on any atom is 0.269 e. The van der Waals surface area contributed by atoms with E-state index in [0.717, 1.165) is 47.7 Å². The maximum absolute atomic E-state index is 12.9. The third-order valence-corrected chi connectivity index (χ3v) is 7.00. The number of carbonyl (C=O) groups is 1. The highest BCUT2D eigenvalue weighted by atomic mass is 35.5. The van der Waals surface area contributed by atoms with Crippen LogP contribution in [0, 0.1) is 0 Å². The van der Waals surface area contributed by atoms with Gasteiger partial charge in [0.15, 0.2) is 11.5 Å². The van der Waals surface area contributed by atoms with Crippen molar-refractivity contribution < 1.29 is 14.3 Å². The van der Waals surface area contributed by atoms with Crippen molar-refractivity contribution in [2.45, 2.75) is 31.5 Å². The van der Waals surface area contributed by atoms with E-state index in [4.69, 9.17) is 9.47 Å². The molecule has 0 saturated carbocycles. The van der Waals surface area contributed by atoms with Gasteiger partial charge in [0.25, 0.3) is 5.56 Å². The molecule has 2 aromatic carbocycles. The molecule has 3 heterocycles. The van der Waals surface area contributed by atoms with Crippen LogP contribution in [0.4, 0.5) is 0 Å². The van der Waals surface area contributed by atoms with Gasteiger partial charge in [-0.05, 0) is 42.7 Å². The van der Waals surface area contributed by atoms with E-state index in [9.17, 15) is 9.59 Å². The van der Waals surface area contributed by atoms with Crippen molar-refractivity contribution in [3.63, 3.8) is 0 Å². The van der Waals surface area contributed by atoms with Gasteiger partial charge in [-0.2, -0.15) is 0 Å². The molecule has 0 radical (unpaired) electrons. The number of para-hydroxylation sites is 2. The lowest BCUT2D eigenvalue weighted by molar-refractivity contribution is -0.129. The molecule has 2 N–H and O–H groups in total. The number of likely N-dealkylation sites (tertiary alicyclic amines) is 1. The summed E-state index contributed by atoms with van der Waals surface area (Å²) in [5.41, 5.74) is 1.97. The minimum Gasteiger partial charge on any atom is -0.486 e. The van der Waals surface area contributed by atoms with E-state index in [1.54, 1.807) is 11.6 Å². The zero-order valence-corrected chi connectivity index (χ0v) is 21.2. The lowest BCUT2D eigenvalue weighted by atomic mass is 9.86. The summed E-state index contributed by atoms with van der Waals surface area (Å²) in [7, 11) is 1.68. The number of benzene rings is 2. The zero-order chi connectivity index (χ0) is 24.3. The molecule has 2 aliphatic heterocycles. The van der Waals surface area contributed by atoms with Crippen molar-refractivity contribution in [1.29, 1.82) is 0 Å². The van der Waals surface area contributed by atoms with E-state index in [0.29, 0.717) is 39.1 Å². The van der Waals surface area contributed by atoms with Gasteiger partial charge < -0.3 is 24.3 Å². The highest BCUT2D eigenvalue weighted by Crippen LogP contribution is 2.31. The summed E-state index contributed by atoms with van der Waals surface area (Å²) >= 11 is 0. The summed E-state index contributed by atoms with van der Waals surface area (Å²) in [5.74, 6) is 1.51. The Morgan fingerprint density at radius 2 is 1.81 bits per heavy atom. The number of fused-ring (bicyclic) bond motifs is 2. The van der Waals surface area contributed by atoms with Crippen LogP contribution < -0.4 is 25.7 Å². The van der Waals surface area contributed by atoms with Crippen molar-refractivity contribution >= 4 is 29.3 Å². The van der Waals surface area contributed by atoms with E-state index < -0.39 is 5.54 Å². The number of aromatic nitrogens is 2. The average Bonchev–Trinajstić information content (AvgIpc) is 2.91. The van der Waals surface area contributed by atoms with Crippen LogP contribution in [0.3, 0.4) is 0 Å². The average molecular weight is 514 g/mol. The number of nitrogens with zero attached hydrogens (tertiary/aromatic N) is 3. The minimum absolute atomic E-state index is 0. The summed E-state index contributed by atoms with van der Waals surface area (Å²) in [6, 6.07) is 13.6. The molecule has 0 bridgehead atoms. The van der Waals surface area contributed by atoms with Gasteiger partial charge in [-0.25, -0.2) is 4.98 Å². The zero-order valence-electron chi connectivity index (χ0n) is 20.4. The predicted octanol–water partition coefficient (Wildman–Crippen LogP) is 1.96. The first-order chi connectivity index (χ1) is 17.1. The lowest BCUT2D eigenvalue weighted by Crippen LogP contribution is -2.61. The second-order valence-corrected chi connectivity index (χ2v) is 9.07. The van der Waals surface area contributed by atoms with E-state index in [1.165, 1.54) is 6.20 Å². The van der Waals surface area contributed by atoms with Gasteiger partial charge in [-0.3, -0.25) is 14.9 Å². The molecule has 5 rings (SSSR count). The number of nitrogens with one attached hydrogen (secondary N) is 2. The summed E-state index contributed by atoms with van der Waals surface area (Å²) in [4.78, 5) is 31.9. The van der Waals surface area contributed by atoms with Gasteiger partial charge in [-0.1, -0.05) is 18.2 Å². The quantitative estimate of drug-likeness (QED) is 0.498. The lowest BCUT2D eigenvalue weighted by Gasteiger charge is -2.41. The second kappa shape index (κ2) is 11.3. The van der Waals surface area contributed by atoms with Crippen LogP contribution in [0.5, 0.6) is 11.5 Å². The Labute approximate surface area is 216 Å². The smallest absolute Gasteiger partial charge is 0.269 e. The van der Waals surface area contributed by atoms with E-state index in [2.05, 4.69) is 20.5 Å². The van der Waals surface area contributed by atoms with Crippen LogP contribution >= 0.6 is 12.4 Å². The summed E-state index contributed by atoms with van der Waals surface area (Å²) < 4.78 is 13.1. The van der Waals surface area contributed by atoms with Crippen LogP contribution in [0.2, 0.25) is 0 Å². The normalized spacial score (nSPS) is 16.8. The Morgan fingerprint density at radius 1 is 1.06 bits per heavy atom. The summed E-state index contributed by atoms with van der Waals surface area (Å²) in [6.07, 6.45) is 2.75. The molecule has 36 heavy (non-hydrogen) atoms. The molecule has 1 fully saturated rings. The van der Waals surface area contributed by atoms with Gasteiger partial charge in [0.05, 0.1) is 17.2 Å². The molecule has 0 spiro atoms. The summed E-state index contributed by atoms with van der Waals surface area (Å²) in [6.45, 7) is 4.51. The van der Waals surface area contributed by atoms with E-state index >= 15 is 0 Å². The molecule has 0 aliphatic carbocycles. The predicted molar refractivity (Wildman–Crippen MR) is 140 cm³/mol. The van der Waals surface area contributed by atoms with Gasteiger partial charge in [0, 0.05) is 39.8 Å². The fraction of sp³-hybridized carbons (Fsp3) is 0.423. The first-order valence-corrected chi connectivity index (χ1v) is 12.1. The number of likely N-dealkylation sites (N-methyl/N-ethyl adjacent to an activating group) is 1. The molecule has 0 unspecified atom stereocenters. The molecule has 10 heteroatoms. The third kappa shape index (κ3) is 5.33. The number of carbonyl (C=O) groups excluding carboxylic acids is 1. The van der Waals surface area contributed by atoms with Gasteiger partial charge >= 0.3 is 0 Å². The second-order valence-electron chi connectivity index (χ2n) is 9.07. The number of amides is 1. The number of hydrogen-bond donors (Lipinski definition) is 2. The Kier molecular flexibility index (Phi) is 8.13. The fourth-order valence-electron chi connectivity index (χ4n) is 4.94. The van der Waals surface area contributed by atoms with Crippen LogP contribution in [0.1, 0.15) is 18.4 Å². The number of hydrogen-bond acceptors (Lipinski definition) is 7. The molecule has 192 valence electrons. The minimum atomic E-state index is -0.640. The monoisotopic (exact) mass is 513 g/mol. The number of ether oxygens (including phenoxy) is 2. The number of piperidine rings is 1. The molecule has 9 nitrogen and oxygen atoms in total. The largest absolute Gasteiger partial charge is 0.486 e.